The molecule has 3 aromatic rings. The Balaban J connectivity index is 2.06. The summed E-state index contributed by atoms with van der Waals surface area (Å²) in [6.07, 6.45) is 0. The standard InChI is InChI=1S/C20H14N2O2/c21-11-16-17(12-6-2-1-3-7-12)15-10-13-8-4-5-9-14(13)18(23)19(15)24-20(16)22/h1-10,17,23H,22H2. The van der Waals surface area contributed by atoms with Gasteiger partial charge in [-0.05, 0) is 17.0 Å². The Morgan fingerprint density at radius 2 is 1.75 bits per heavy atom. The van der Waals surface area contributed by atoms with Gasteiger partial charge in [-0.25, -0.2) is 0 Å². The van der Waals surface area contributed by atoms with Crippen molar-refractivity contribution in [3.8, 4) is 17.6 Å². The van der Waals surface area contributed by atoms with Crippen molar-refractivity contribution in [1.82, 2.24) is 0 Å². The molecule has 4 nitrogen and oxygen atoms in total. The summed E-state index contributed by atoms with van der Waals surface area (Å²) < 4.78 is 5.61. The Kier molecular flexibility index (Phi) is 3.14. The predicted molar refractivity (Wildman–Crippen MR) is 91.4 cm³/mol. The number of allylic oxidation sites excluding steroid dienone is 1. The Bertz CT molecular complexity index is 1020. The number of nitriles is 1. The van der Waals surface area contributed by atoms with Crippen LogP contribution in [0.3, 0.4) is 0 Å². The predicted octanol–water partition coefficient (Wildman–Crippen LogP) is 3.76. The van der Waals surface area contributed by atoms with Gasteiger partial charge < -0.3 is 15.6 Å². The third-order valence-corrected chi connectivity index (χ3v) is 4.33. The topological polar surface area (TPSA) is 79.3 Å². The highest BCUT2D eigenvalue weighted by Crippen LogP contribution is 2.48. The number of nitrogens with zero attached hydrogens (tertiary/aromatic N) is 1. The summed E-state index contributed by atoms with van der Waals surface area (Å²) in [6.45, 7) is 0. The molecule has 0 saturated carbocycles. The third-order valence-electron chi connectivity index (χ3n) is 4.33. The molecule has 1 heterocycles. The smallest absolute Gasteiger partial charge is 0.205 e. The molecule has 4 heteroatoms. The third kappa shape index (κ3) is 1.99. The highest BCUT2D eigenvalue weighted by Gasteiger charge is 2.33. The van der Waals surface area contributed by atoms with Gasteiger partial charge in [-0.1, -0.05) is 54.6 Å². The minimum Gasteiger partial charge on any atom is -0.504 e. The van der Waals surface area contributed by atoms with E-state index in [0.717, 1.165) is 16.5 Å². The Hall–Kier alpha value is -3.45. The van der Waals surface area contributed by atoms with E-state index in [0.29, 0.717) is 16.7 Å². The van der Waals surface area contributed by atoms with E-state index in [9.17, 15) is 10.4 Å². The zero-order valence-electron chi connectivity index (χ0n) is 12.7. The van der Waals surface area contributed by atoms with Crippen LogP contribution < -0.4 is 10.5 Å². The maximum atomic E-state index is 10.7. The average Bonchev–Trinajstić information content (AvgIpc) is 2.62. The number of phenolic OH excluding ortho intramolecular Hbond substituents is 1. The normalized spacial score (nSPS) is 16.4. The molecule has 0 saturated heterocycles. The van der Waals surface area contributed by atoms with Gasteiger partial charge in [-0.15, -0.1) is 0 Å². The molecule has 0 radical (unpaired) electrons. The van der Waals surface area contributed by atoms with Crippen LogP contribution in [0.1, 0.15) is 17.0 Å². The molecule has 1 unspecified atom stereocenters. The number of hydrogen-bond acceptors (Lipinski definition) is 4. The highest BCUT2D eigenvalue weighted by molar-refractivity contribution is 5.92. The highest BCUT2D eigenvalue weighted by atomic mass is 16.5. The number of rotatable bonds is 1. The number of hydrogen-bond donors (Lipinski definition) is 2. The van der Waals surface area contributed by atoms with Crippen molar-refractivity contribution in [1.29, 1.82) is 5.26 Å². The molecular weight excluding hydrogens is 300 g/mol. The van der Waals surface area contributed by atoms with Crippen molar-refractivity contribution in [2.45, 2.75) is 5.92 Å². The summed E-state index contributed by atoms with van der Waals surface area (Å²) in [7, 11) is 0. The molecule has 3 N–H and O–H groups in total. The van der Waals surface area contributed by atoms with Crippen LogP contribution in [0, 0.1) is 11.3 Å². The molecule has 0 amide bonds. The molecule has 0 aromatic heterocycles. The van der Waals surface area contributed by atoms with Crippen molar-refractivity contribution < 1.29 is 9.84 Å². The quantitative estimate of drug-likeness (QED) is 0.716. The Morgan fingerprint density at radius 1 is 1.04 bits per heavy atom. The Labute approximate surface area is 139 Å². The van der Waals surface area contributed by atoms with Crippen molar-refractivity contribution in [2.75, 3.05) is 0 Å². The first-order chi connectivity index (χ1) is 11.7. The van der Waals surface area contributed by atoms with E-state index in [2.05, 4.69) is 6.07 Å². The number of benzene rings is 3. The molecule has 0 spiro atoms. The number of phenols is 1. The summed E-state index contributed by atoms with van der Waals surface area (Å²) in [4.78, 5) is 0. The van der Waals surface area contributed by atoms with Crippen LogP contribution in [-0.4, -0.2) is 5.11 Å². The minimum absolute atomic E-state index is 0.0319. The number of ether oxygens (including phenoxy) is 1. The minimum atomic E-state index is -0.365. The second-order valence-corrected chi connectivity index (χ2v) is 5.70. The molecule has 4 rings (SSSR count). The molecule has 1 aliphatic rings. The number of fused-ring (bicyclic) bond motifs is 2. The van der Waals surface area contributed by atoms with E-state index >= 15 is 0 Å². The van der Waals surface area contributed by atoms with E-state index in [1.807, 2.05) is 60.7 Å². The lowest BCUT2D eigenvalue weighted by Gasteiger charge is -2.27. The summed E-state index contributed by atoms with van der Waals surface area (Å²) in [5.41, 5.74) is 7.99. The van der Waals surface area contributed by atoms with Crippen LogP contribution in [0.5, 0.6) is 11.5 Å². The maximum Gasteiger partial charge on any atom is 0.205 e. The molecule has 116 valence electrons. The molecule has 3 aromatic carbocycles. The summed E-state index contributed by atoms with van der Waals surface area (Å²) >= 11 is 0. The van der Waals surface area contributed by atoms with E-state index in [1.54, 1.807) is 0 Å². The molecule has 1 atom stereocenters. The lowest BCUT2D eigenvalue weighted by Crippen LogP contribution is -2.21. The van der Waals surface area contributed by atoms with Gasteiger partial charge in [0, 0.05) is 10.9 Å². The molecule has 0 aliphatic carbocycles. The Morgan fingerprint density at radius 3 is 2.50 bits per heavy atom. The number of aromatic hydroxyl groups is 1. The SMILES string of the molecule is N#CC1=C(N)Oc2c(cc3ccccc3c2O)C1c1ccccc1. The first kappa shape index (κ1) is 14.2. The van der Waals surface area contributed by atoms with Crippen molar-refractivity contribution >= 4 is 10.8 Å². The van der Waals surface area contributed by atoms with Gasteiger partial charge in [-0.3, -0.25) is 0 Å². The van der Waals surface area contributed by atoms with Crippen LogP contribution in [0.4, 0.5) is 0 Å². The molecule has 0 bridgehead atoms. The lowest BCUT2D eigenvalue weighted by molar-refractivity contribution is 0.361. The summed E-state index contributed by atoms with van der Waals surface area (Å²) in [5.74, 6) is 0.0305. The largest absolute Gasteiger partial charge is 0.504 e. The monoisotopic (exact) mass is 314 g/mol. The van der Waals surface area contributed by atoms with Gasteiger partial charge in [0.15, 0.2) is 11.5 Å². The molecular formula is C20H14N2O2. The van der Waals surface area contributed by atoms with Crippen LogP contribution in [0.25, 0.3) is 10.8 Å². The van der Waals surface area contributed by atoms with Crippen molar-refractivity contribution in [3.05, 3.63) is 83.2 Å². The zero-order chi connectivity index (χ0) is 16.7. The molecule has 1 aliphatic heterocycles. The van der Waals surface area contributed by atoms with Crippen molar-refractivity contribution in [2.24, 2.45) is 5.73 Å². The fourth-order valence-corrected chi connectivity index (χ4v) is 3.23. The summed E-state index contributed by atoms with van der Waals surface area (Å²) in [5, 5.41) is 21.8. The fourth-order valence-electron chi connectivity index (χ4n) is 3.23. The van der Waals surface area contributed by atoms with E-state index < -0.39 is 0 Å². The van der Waals surface area contributed by atoms with Crippen LogP contribution >= 0.6 is 0 Å². The van der Waals surface area contributed by atoms with E-state index in [1.165, 1.54) is 0 Å². The van der Waals surface area contributed by atoms with Gasteiger partial charge in [-0.2, -0.15) is 5.26 Å². The first-order valence-electron chi connectivity index (χ1n) is 7.58. The van der Waals surface area contributed by atoms with Crippen LogP contribution in [0.15, 0.2) is 72.1 Å². The maximum absolute atomic E-state index is 10.7. The first-order valence-corrected chi connectivity index (χ1v) is 7.58. The van der Waals surface area contributed by atoms with E-state index in [4.69, 9.17) is 10.5 Å². The number of nitrogens with two attached hydrogens (primary N) is 1. The van der Waals surface area contributed by atoms with Gasteiger partial charge in [0.05, 0.1) is 5.92 Å². The molecule has 0 fully saturated rings. The van der Waals surface area contributed by atoms with Crippen molar-refractivity contribution in [3.63, 3.8) is 0 Å². The van der Waals surface area contributed by atoms with Gasteiger partial charge in [0.2, 0.25) is 5.88 Å². The van der Waals surface area contributed by atoms with Gasteiger partial charge >= 0.3 is 0 Å². The van der Waals surface area contributed by atoms with Crippen LogP contribution in [-0.2, 0) is 0 Å². The van der Waals surface area contributed by atoms with Gasteiger partial charge in [0.25, 0.3) is 0 Å². The second-order valence-electron chi connectivity index (χ2n) is 5.70. The van der Waals surface area contributed by atoms with Gasteiger partial charge in [0.1, 0.15) is 11.6 Å². The molecule has 24 heavy (non-hydrogen) atoms. The van der Waals surface area contributed by atoms with Crippen LogP contribution in [0.2, 0.25) is 0 Å². The van der Waals surface area contributed by atoms with E-state index in [-0.39, 0.29) is 17.6 Å². The second kappa shape index (κ2) is 5.32. The fraction of sp³-hybridized carbons (Fsp3) is 0.0500. The zero-order valence-corrected chi connectivity index (χ0v) is 12.7. The lowest BCUT2D eigenvalue weighted by atomic mass is 9.82. The summed E-state index contributed by atoms with van der Waals surface area (Å²) in [6, 6.07) is 21.2. The average molecular weight is 314 g/mol.